The van der Waals surface area contributed by atoms with Gasteiger partial charge in [-0.05, 0) is 50.4 Å². The van der Waals surface area contributed by atoms with E-state index in [2.05, 4.69) is 21.8 Å². The normalized spacial score (nSPS) is 12.5. The number of nitrogens with one attached hydrogen (secondary N) is 1. The zero-order valence-electron chi connectivity index (χ0n) is 11.9. The van der Waals surface area contributed by atoms with E-state index in [1.807, 2.05) is 18.6 Å². The lowest BCUT2D eigenvalue weighted by molar-refractivity contribution is 0.507. The van der Waals surface area contributed by atoms with E-state index in [-0.39, 0.29) is 5.82 Å². The summed E-state index contributed by atoms with van der Waals surface area (Å²) in [7, 11) is 0. The van der Waals surface area contributed by atoms with Crippen molar-refractivity contribution in [3.05, 3.63) is 54.4 Å². The Bertz CT molecular complexity index is 496. The van der Waals surface area contributed by atoms with Crippen molar-refractivity contribution < 1.29 is 4.39 Å². The Hall–Kier alpha value is -1.68. The van der Waals surface area contributed by atoms with Gasteiger partial charge in [-0.3, -0.25) is 0 Å². The molecule has 1 N–H and O–H groups in total. The molecule has 108 valence electrons. The molecule has 4 heteroatoms. The highest BCUT2D eigenvalue weighted by atomic mass is 19.1. The quantitative estimate of drug-likeness (QED) is 0.751. The minimum atomic E-state index is -0.157. The zero-order chi connectivity index (χ0) is 14.2. The van der Waals surface area contributed by atoms with Gasteiger partial charge in [0.05, 0.1) is 6.33 Å². The predicted molar refractivity (Wildman–Crippen MR) is 79.0 cm³/mol. The van der Waals surface area contributed by atoms with Crippen LogP contribution in [0.15, 0.2) is 43.0 Å². The van der Waals surface area contributed by atoms with E-state index in [4.69, 9.17) is 0 Å². The number of aromatic nitrogens is 2. The molecule has 2 rings (SSSR count). The van der Waals surface area contributed by atoms with Gasteiger partial charge < -0.3 is 9.88 Å². The van der Waals surface area contributed by atoms with Crippen LogP contribution in [0, 0.1) is 5.82 Å². The minimum absolute atomic E-state index is 0.157. The monoisotopic (exact) mass is 275 g/mol. The molecule has 1 aromatic heterocycles. The molecule has 0 saturated carbocycles. The van der Waals surface area contributed by atoms with Gasteiger partial charge in [0.25, 0.3) is 0 Å². The number of unbranched alkanes of at least 4 members (excludes halogenated alkanes) is 1. The van der Waals surface area contributed by atoms with Crippen molar-refractivity contribution in [3.8, 4) is 0 Å². The van der Waals surface area contributed by atoms with Crippen LogP contribution in [-0.2, 0) is 13.0 Å². The topological polar surface area (TPSA) is 29.9 Å². The number of hydrogen-bond donors (Lipinski definition) is 1. The summed E-state index contributed by atoms with van der Waals surface area (Å²) in [6.07, 6.45) is 8.76. The van der Waals surface area contributed by atoms with Crippen molar-refractivity contribution in [3.63, 3.8) is 0 Å². The van der Waals surface area contributed by atoms with Crippen LogP contribution in [0.3, 0.4) is 0 Å². The molecular formula is C16H22FN3. The molecule has 0 spiro atoms. The fourth-order valence-corrected chi connectivity index (χ4v) is 2.28. The van der Waals surface area contributed by atoms with Gasteiger partial charge in [-0.2, -0.15) is 0 Å². The third-order valence-electron chi connectivity index (χ3n) is 3.33. The molecule has 0 aliphatic rings. The Morgan fingerprint density at radius 3 is 3.00 bits per heavy atom. The van der Waals surface area contributed by atoms with E-state index >= 15 is 0 Å². The Morgan fingerprint density at radius 1 is 1.35 bits per heavy atom. The molecule has 0 radical (unpaired) electrons. The molecule has 0 amide bonds. The Morgan fingerprint density at radius 2 is 2.25 bits per heavy atom. The van der Waals surface area contributed by atoms with Crippen LogP contribution in [0.5, 0.6) is 0 Å². The maximum absolute atomic E-state index is 13.1. The second kappa shape index (κ2) is 7.80. The fourth-order valence-electron chi connectivity index (χ4n) is 2.28. The highest BCUT2D eigenvalue weighted by molar-refractivity contribution is 5.17. The molecule has 1 heterocycles. The summed E-state index contributed by atoms with van der Waals surface area (Å²) in [5, 5.41) is 3.48. The molecular weight excluding hydrogens is 253 g/mol. The van der Waals surface area contributed by atoms with Crippen molar-refractivity contribution in [1.82, 2.24) is 14.9 Å². The fraction of sp³-hybridized carbons (Fsp3) is 0.438. The van der Waals surface area contributed by atoms with Gasteiger partial charge >= 0.3 is 0 Å². The summed E-state index contributed by atoms with van der Waals surface area (Å²) >= 11 is 0. The molecule has 0 saturated heterocycles. The molecule has 1 atom stereocenters. The van der Waals surface area contributed by atoms with Gasteiger partial charge in [0.2, 0.25) is 0 Å². The summed E-state index contributed by atoms with van der Waals surface area (Å²) in [6, 6.07) is 7.20. The average molecular weight is 275 g/mol. The number of imidazole rings is 1. The van der Waals surface area contributed by atoms with Gasteiger partial charge in [-0.15, -0.1) is 0 Å². The van der Waals surface area contributed by atoms with Crippen molar-refractivity contribution >= 4 is 0 Å². The number of halogens is 1. The minimum Gasteiger partial charge on any atom is -0.337 e. The van der Waals surface area contributed by atoms with E-state index in [0.717, 1.165) is 37.9 Å². The van der Waals surface area contributed by atoms with Gasteiger partial charge in [-0.1, -0.05) is 12.1 Å². The lowest BCUT2D eigenvalue weighted by Crippen LogP contribution is -2.29. The maximum atomic E-state index is 13.1. The summed E-state index contributed by atoms with van der Waals surface area (Å²) < 4.78 is 15.2. The smallest absolute Gasteiger partial charge is 0.123 e. The van der Waals surface area contributed by atoms with E-state index < -0.39 is 0 Å². The van der Waals surface area contributed by atoms with Crippen LogP contribution >= 0.6 is 0 Å². The molecule has 1 unspecified atom stereocenters. The first-order valence-corrected chi connectivity index (χ1v) is 7.17. The number of rotatable bonds is 8. The Kier molecular flexibility index (Phi) is 5.74. The number of aryl methyl sites for hydroxylation is 1. The number of hydrogen-bond acceptors (Lipinski definition) is 2. The summed E-state index contributed by atoms with van der Waals surface area (Å²) in [5.41, 5.74) is 1.04. The van der Waals surface area contributed by atoms with Crippen molar-refractivity contribution in [2.75, 3.05) is 6.54 Å². The van der Waals surface area contributed by atoms with E-state index in [1.54, 1.807) is 18.3 Å². The van der Waals surface area contributed by atoms with Gasteiger partial charge in [-0.25, -0.2) is 9.37 Å². The molecule has 20 heavy (non-hydrogen) atoms. The van der Waals surface area contributed by atoms with Gasteiger partial charge in [0, 0.05) is 25.0 Å². The van der Waals surface area contributed by atoms with Crippen LogP contribution in [0.4, 0.5) is 4.39 Å². The van der Waals surface area contributed by atoms with Crippen LogP contribution in [0.2, 0.25) is 0 Å². The molecule has 0 bridgehead atoms. The lowest BCUT2D eigenvalue weighted by atomic mass is 10.1. The van der Waals surface area contributed by atoms with Crippen molar-refractivity contribution in [2.24, 2.45) is 0 Å². The third kappa shape index (κ3) is 5.13. The van der Waals surface area contributed by atoms with Crippen LogP contribution in [0.1, 0.15) is 25.3 Å². The van der Waals surface area contributed by atoms with Gasteiger partial charge in [0.15, 0.2) is 0 Å². The standard InChI is InChI=1S/C16H22FN3/c1-14(11-15-5-4-6-16(17)12-15)19-7-2-3-9-20-10-8-18-13-20/h4-6,8,10,12-14,19H,2-3,7,9,11H2,1H3. The highest BCUT2D eigenvalue weighted by Gasteiger charge is 2.03. The lowest BCUT2D eigenvalue weighted by Gasteiger charge is -2.14. The van der Waals surface area contributed by atoms with Crippen molar-refractivity contribution in [1.29, 1.82) is 0 Å². The predicted octanol–water partition coefficient (Wildman–Crippen LogP) is 3.02. The SMILES string of the molecule is CC(Cc1cccc(F)c1)NCCCCn1ccnc1. The average Bonchev–Trinajstić information content (AvgIpc) is 2.91. The third-order valence-corrected chi connectivity index (χ3v) is 3.33. The zero-order valence-corrected chi connectivity index (χ0v) is 11.9. The van der Waals surface area contributed by atoms with Gasteiger partial charge in [0.1, 0.15) is 5.82 Å². The maximum Gasteiger partial charge on any atom is 0.123 e. The first kappa shape index (κ1) is 14.7. The molecule has 2 aromatic rings. The summed E-state index contributed by atoms with van der Waals surface area (Å²) in [5.74, 6) is -0.157. The van der Waals surface area contributed by atoms with E-state index in [0.29, 0.717) is 6.04 Å². The largest absolute Gasteiger partial charge is 0.337 e. The Labute approximate surface area is 119 Å². The first-order valence-electron chi connectivity index (χ1n) is 7.17. The van der Waals surface area contributed by atoms with Crippen LogP contribution in [0.25, 0.3) is 0 Å². The molecule has 0 aliphatic heterocycles. The van der Waals surface area contributed by atoms with Crippen LogP contribution < -0.4 is 5.32 Å². The second-order valence-corrected chi connectivity index (χ2v) is 5.20. The molecule has 0 fully saturated rings. The Balaban J connectivity index is 1.59. The summed E-state index contributed by atoms with van der Waals surface area (Å²) in [4.78, 5) is 4.02. The van der Waals surface area contributed by atoms with Crippen LogP contribution in [-0.4, -0.2) is 22.1 Å². The summed E-state index contributed by atoms with van der Waals surface area (Å²) in [6.45, 7) is 4.14. The highest BCUT2D eigenvalue weighted by Crippen LogP contribution is 2.06. The second-order valence-electron chi connectivity index (χ2n) is 5.20. The number of nitrogens with zero attached hydrogens (tertiary/aromatic N) is 2. The first-order chi connectivity index (χ1) is 9.74. The molecule has 0 aliphatic carbocycles. The van der Waals surface area contributed by atoms with E-state index in [1.165, 1.54) is 6.07 Å². The molecule has 3 nitrogen and oxygen atoms in total. The number of benzene rings is 1. The molecule has 1 aromatic carbocycles. The van der Waals surface area contributed by atoms with Crippen molar-refractivity contribution in [2.45, 2.75) is 38.8 Å². The van der Waals surface area contributed by atoms with E-state index in [9.17, 15) is 4.39 Å².